The van der Waals surface area contributed by atoms with Gasteiger partial charge < -0.3 is 10.1 Å². The topological polar surface area (TPSA) is 39.1 Å². The summed E-state index contributed by atoms with van der Waals surface area (Å²) in [4.78, 5) is 0. The van der Waals surface area contributed by atoms with Gasteiger partial charge in [-0.25, -0.2) is 0 Å². The van der Waals surface area contributed by atoms with Crippen LogP contribution < -0.4 is 5.32 Å². The lowest BCUT2D eigenvalue weighted by Crippen LogP contribution is -2.42. The van der Waals surface area contributed by atoms with Crippen LogP contribution in [0.3, 0.4) is 0 Å². The van der Waals surface area contributed by atoms with Gasteiger partial charge in [0.05, 0.1) is 28.6 Å². The van der Waals surface area contributed by atoms with Crippen molar-refractivity contribution in [3.05, 3.63) is 16.9 Å². The fourth-order valence-corrected chi connectivity index (χ4v) is 2.27. The molecule has 1 heterocycles. The van der Waals surface area contributed by atoms with Crippen LogP contribution in [-0.4, -0.2) is 29.0 Å². The van der Waals surface area contributed by atoms with Crippen molar-refractivity contribution in [2.24, 2.45) is 0 Å². The zero-order chi connectivity index (χ0) is 13.9. The largest absolute Gasteiger partial charge is 0.377 e. The summed E-state index contributed by atoms with van der Waals surface area (Å²) in [6.07, 6.45) is 1.70. The molecule has 1 unspecified atom stereocenters. The van der Waals surface area contributed by atoms with Crippen molar-refractivity contribution in [3.8, 4) is 0 Å². The first kappa shape index (κ1) is 15.5. The van der Waals surface area contributed by atoms with Crippen molar-refractivity contribution in [3.63, 3.8) is 0 Å². The lowest BCUT2D eigenvalue weighted by Gasteiger charge is -2.34. The van der Waals surface area contributed by atoms with E-state index in [1.807, 2.05) is 18.5 Å². The minimum absolute atomic E-state index is 0.00454. The van der Waals surface area contributed by atoms with Gasteiger partial charge in [-0.15, -0.1) is 0 Å². The van der Waals surface area contributed by atoms with Gasteiger partial charge in [0.2, 0.25) is 0 Å². The summed E-state index contributed by atoms with van der Waals surface area (Å²) in [7, 11) is 1.72. The smallest absolute Gasteiger partial charge is 0.0835 e. The SMILES string of the molecule is CCNC(c1c(Cl)cnn1C(C)C)C(C)(C)OC. The number of likely N-dealkylation sites (N-methyl/N-ethyl adjacent to an activating group) is 1. The van der Waals surface area contributed by atoms with Crippen molar-refractivity contribution in [1.82, 2.24) is 15.1 Å². The molecule has 0 aliphatic carbocycles. The highest BCUT2D eigenvalue weighted by Gasteiger charge is 2.34. The van der Waals surface area contributed by atoms with Crippen LogP contribution in [0.5, 0.6) is 0 Å². The molecule has 1 aromatic rings. The highest BCUT2D eigenvalue weighted by atomic mass is 35.5. The first-order valence-corrected chi connectivity index (χ1v) is 6.74. The Morgan fingerprint density at radius 2 is 2.11 bits per heavy atom. The Balaban J connectivity index is 3.25. The fraction of sp³-hybridized carbons (Fsp3) is 0.769. The first-order valence-electron chi connectivity index (χ1n) is 6.36. The molecule has 4 nitrogen and oxygen atoms in total. The summed E-state index contributed by atoms with van der Waals surface area (Å²) >= 11 is 6.30. The van der Waals surface area contributed by atoms with Crippen LogP contribution in [0.15, 0.2) is 6.20 Å². The van der Waals surface area contributed by atoms with E-state index in [0.29, 0.717) is 5.02 Å². The van der Waals surface area contributed by atoms with E-state index in [1.165, 1.54) is 0 Å². The molecule has 0 saturated carbocycles. The standard InChI is InChI=1S/C13H24ClN3O/c1-7-15-12(13(4,5)18-6)11-10(14)8-16-17(11)9(2)3/h8-9,12,15H,7H2,1-6H3. The summed E-state index contributed by atoms with van der Waals surface area (Å²) < 4.78 is 7.56. The summed E-state index contributed by atoms with van der Waals surface area (Å²) in [6.45, 7) is 11.2. The second-order valence-corrected chi connectivity index (χ2v) is 5.62. The average Bonchev–Trinajstić information content (AvgIpc) is 2.68. The molecule has 0 bridgehead atoms. The molecule has 1 rings (SSSR count). The van der Waals surface area contributed by atoms with Gasteiger partial charge in [-0.1, -0.05) is 18.5 Å². The lowest BCUT2D eigenvalue weighted by atomic mass is 9.95. The minimum Gasteiger partial charge on any atom is -0.377 e. The van der Waals surface area contributed by atoms with Gasteiger partial charge in [0.25, 0.3) is 0 Å². The number of hydrogen-bond acceptors (Lipinski definition) is 3. The van der Waals surface area contributed by atoms with Crippen LogP contribution in [0, 0.1) is 0 Å². The number of halogens is 1. The molecule has 104 valence electrons. The summed E-state index contributed by atoms with van der Waals surface area (Å²) in [6, 6.07) is 0.270. The molecule has 1 aromatic heterocycles. The maximum Gasteiger partial charge on any atom is 0.0835 e. The lowest BCUT2D eigenvalue weighted by molar-refractivity contribution is -0.0133. The average molecular weight is 274 g/mol. The predicted octanol–water partition coefficient (Wildman–Crippen LogP) is 3.19. The molecule has 0 aliphatic heterocycles. The van der Waals surface area contributed by atoms with E-state index in [1.54, 1.807) is 13.3 Å². The van der Waals surface area contributed by atoms with E-state index >= 15 is 0 Å². The van der Waals surface area contributed by atoms with Crippen LogP contribution in [0.1, 0.15) is 52.4 Å². The third-order valence-corrected chi connectivity index (χ3v) is 3.47. The molecule has 0 aliphatic rings. The highest BCUT2D eigenvalue weighted by Crippen LogP contribution is 2.34. The second-order valence-electron chi connectivity index (χ2n) is 5.21. The van der Waals surface area contributed by atoms with Gasteiger partial charge in [0.1, 0.15) is 0 Å². The molecule has 0 radical (unpaired) electrons. The third kappa shape index (κ3) is 3.05. The first-order chi connectivity index (χ1) is 8.35. The molecular weight excluding hydrogens is 250 g/mol. The molecule has 5 heteroatoms. The number of rotatable bonds is 6. The molecule has 0 aromatic carbocycles. The summed E-state index contributed by atoms with van der Waals surface area (Å²) in [5.74, 6) is 0. The van der Waals surface area contributed by atoms with E-state index in [9.17, 15) is 0 Å². The van der Waals surface area contributed by atoms with Crippen molar-refractivity contribution in [2.75, 3.05) is 13.7 Å². The van der Waals surface area contributed by atoms with E-state index in [-0.39, 0.29) is 17.7 Å². The van der Waals surface area contributed by atoms with Gasteiger partial charge in [0, 0.05) is 13.2 Å². The molecule has 0 fully saturated rings. The number of hydrogen-bond donors (Lipinski definition) is 1. The Morgan fingerprint density at radius 3 is 2.56 bits per heavy atom. The molecular formula is C13H24ClN3O. The molecule has 0 saturated heterocycles. The van der Waals surface area contributed by atoms with Crippen molar-refractivity contribution in [2.45, 2.75) is 52.3 Å². The molecule has 0 spiro atoms. The van der Waals surface area contributed by atoms with Crippen LogP contribution in [0.4, 0.5) is 0 Å². The van der Waals surface area contributed by atoms with Crippen molar-refractivity contribution < 1.29 is 4.74 Å². The maximum atomic E-state index is 6.30. The number of nitrogens with one attached hydrogen (secondary N) is 1. The Hall–Kier alpha value is -0.580. The summed E-state index contributed by atoms with van der Waals surface area (Å²) in [5.41, 5.74) is 0.632. The highest BCUT2D eigenvalue weighted by molar-refractivity contribution is 6.31. The number of nitrogens with zero attached hydrogens (tertiary/aromatic N) is 2. The summed E-state index contributed by atoms with van der Waals surface area (Å²) in [5, 5.41) is 8.48. The quantitative estimate of drug-likeness (QED) is 0.865. The van der Waals surface area contributed by atoms with Gasteiger partial charge in [0.15, 0.2) is 0 Å². The minimum atomic E-state index is -0.355. The molecule has 18 heavy (non-hydrogen) atoms. The molecule has 1 atom stereocenters. The van der Waals surface area contributed by atoms with Gasteiger partial charge >= 0.3 is 0 Å². The van der Waals surface area contributed by atoms with Crippen LogP contribution in [0.2, 0.25) is 5.02 Å². The van der Waals surface area contributed by atoms with Crippen LogP contribution >= 0.6 is 11.6 Å². The predicted molar refractivity (Wildman–Crippen MR) is 75.1 cm³/mol. The van der Waals surface area contributed by atoms with Gasteiger partial charge in [-0.05, 0) is 34.2 Å². The van der Waals surface area contributed by atoms with Crippen LogP contribution in [-0.2, 0) is 4.74 Å². The van der Waals surface area contributed by atoms with Gasteiger partial charge in [-0.2, -0.15) is 5.10 Å². The number of ether oxygens (including phenoxy) is 1. The Labute approximate surface area is 115 Å². The number of aromatic nitrogens is 2. The van der Waals surface area contributed by atoms with E-state index in [0.717, 1.165) is 12.2 Å². The van der Waals surface area contributed by atoms with Crippen molar-refractivity contribution in [1.29, 1.82) is 0 Å². The van der Waals surface area contributed by atoms with E-state index < -0.39 is 0 Å². The zero-order valence-corrected chi connectivity index (χ0v) is 12.9. The molecule has 0 amide bonds. The Bertz CT molecular complexity index is 388. The Morgan fingerprint density at radius 1 is 1.50 bits per heavy atom. The van der Waals surface area contributed by atoms with Crippen molar-refractivity contribution >= 4 is 11.6 Å². The van der Waals surface area contributed by atoms with E-state index in [4.69, 9.17) is 16.3 Å². The number of methoxy groups -OCH3 is 1. The maximum absolute atomic E-state index is 6.30. The normalized spacial score (nSPS) is 14.2. The van der Waals surface area contributed by atoms with Gasteiger partial charge in [-0.3, -0.25) is 4.68 Å². The Kier molecular flexibility index (Phi) is 5.20. The fourth-order valence-electron chi connectivity index (χ4n) is 2.03. The third-order valence-electron chi connectivity index (χ3n) is 3.18. The van der Waals surface area contributed by atoms with E-state index in [2.05, 4.69) is 31.2 Å². The molecule has 1 N–H and O–H groups in total. The second kappa shape index (κ2) is 6.04. The monoisotopic (exact) mass is 273 g/mol. The van der Waals surface area contributed by atoms with Crippen LogP contribution in [0.25, 0.3) is 0 Å². The zero-order valence-electron chi connectivity index (χ0n) is 12.1.